The molecule has 0 aliphatic carbocycles. The molecule has 4 nitrogen and oxygen atoms in total. The van der Waals surface area contributed by atoms with Gasteiger partial charge in [-0.3, -0.25) is 0 Å². The van der Waals surface area contributed by atoms with Crippen LogP contribution in [0.3, 0.4) is 0 Å². The lowest BCUT2D eigenvalue weighted by molar-refractivity contribution is -0.327. The van der Waals surface area contributed by atoms with Gasteiger partial charge in [0.25, 0.3) is 0 Å². The number of carbonyl (C=O) groups is 1. The number of halogens is 6. The smallest absolute Gasteiger partial charge is 0.388 e. The summed E-state index contributed by atoms with van der Waals surface area (Å²) in [5.41, 5.74) is -3.62. The minimum Gasteiger partial charge on any atom is -0.388 e. The number of hydrogen-bond acceptors (Lipinski definition) is 4. The third kappa shape index (κ3) is 38.6. The summed E-state index contributed by atoms with van der Waals surface area (Å²) in [5.74, 6) is 0.167. The van der Waals surface area contributed by atoms with Crippen molar-refractivity contribution in [1.29, 1.82) is 0 Å². The molecule has 0 fully saturated rings. The third-order valence-electron chi connectivity index (χ3n) is 1.42. The number of Topliss-reactive ketones (excluding diaryl/α,β-unsaturated/α-hetero) is 1. The van der Waals surface area contributed by atoms with E-state index in [0.717, 1.165) is 12.5 Å². The van der Waals surface area contributed by atoms with Crippen LogP contribution in [-0.2, 0) is 19.4 Å². The molecule has 11 heteroatoms. The second-order valence-corrected chi connectivity index (χ2v) is 8.07. The van der Waals surface area contributed by atoms with E-state index in [2.05, 4.69) is 18.6 Å². The van der Waals surface area contributed by atoms with Gasteiger partial charge >= 0.3 is 12.4 Å². The fraction of sp³-hybridized carbons (Fsp3) is 0.933. The zero-order valence-electron chi connectivity index (χ0n) is 17.0. The molecule has 0 saturated carbocycles. The lowest BCUT2D eigenvalue weighted by Gasteiger charge is -2.29. The Kier molecular flexibility index (Phi) is 22.7. The number of ether oxygens (including phenoxy) is 1. The molecular formula is C15H32F6O4S. The summed E-state index contributed by atoms with van der Waals surface area (Å²) in [6.07, 6.45) is -6.92. The number of hydrogen-bond donors (Lipinski definition) is 0. The molecule has 0 aliphatic rings. The van der Waals surface area contributed by atoms with E-state index in [9.17, 15) is 39.6 Å². The Morgan fingerprint density at radius 2 is 0.923 bits per heavy atom. The standard InChI is InChI=1S/C5H6F6.C3H6O.C3H8.C2H6O2S.C2H6O/c1-3(2,4(6,7)8)5(9,10)11;1-3(2)4;1-3-2;1-5(2,3)4;1-3-2/h1-2H3;1-2H3;3H2,1-2H3;1-2H3;1-2H3. The van der Waals surface area contributed by atoms with Gasteiger partial charge in [-0.1, -0.05) is 20.3 Å². The molecular weight excluding hydrogens is 390 g/mol. The molecule has 0 bridgehead atoms. The first-order valence-electron chi connectivity index (χ1n) is 7.22. The Labute approximate surface area is 153 Å². The van der Waals surface area contributed by atoms with Crippen molar-refractivity contribution in [3.63, 3.8) is 0 Å². The van der Waals surface area contributed by atoms with Crippen molar-refractivity contribution in [2.24, 2.45) is 5.41 Å². The molecule has 0 aliphatic heterocycles. The monoisotopic (exact) mass is 422 g/mol. The molecule has 0 N–H and O–H groups in total. The number of carbonyl (C=O) groups excluding carboxylic acids is 1. The summed E-state index contributed by atoms with van der Waals surface area (Å²) in [7, 11) is 0.583. The lowest BCUT2D eigenvalue weighted by Crippen LogP contribution is -2.44. The molecule has 0 amide bonds. The Balaban J connectivity index is -0.0000000817. The van der Waals surface area contributed by atoms with E-state index in [1.54, 1.807) is 14.2 Å². The molecule has 0 rings (SSSR count). The lowest BCUT2D eigenvalue weighted by atomic mass is 9.92. The van der Waals surface area contributed by atoms with Crippen molar-refractivity contribution in [1.82, 2.24) is 0 Å². The van der Waals surface area contributed by atoms with Crippen molar-refractivity contribution >= 4 is 15.6 Å². The minimum atomic E-state index is -5.24. The normalized spacial score (nSPS) is 11.1. The van der Waals surface area contributed by atoms with Crippen LogP contribution in [0.4, 0.5) is 26.3 Å². The van der Waals surface area contributed by atoms with Crippen LogP contribution in [0.2, 0.25) is 0 Å². The van der Waals surface area contributed by atoms with E-state index in [4.69, 9.17) is 0 Å². The van der Waals surface area contributed by atoms with Crippen LogP contribution in [0.1, 0.15) is 48.0 Å². The maximum atomic E-state index is 11.6. The maximum absolute atomic E-state index is 11.6. The van der Waals surface area contributed by atoms with Crippen LogP contribution >= 0.6 is 0 Å². The van der Waals surface area contributed by atoms with Crippen molar-refractivity contribution in [3.8, 4) is 0 Å². The van der Waals surface area contributed by atoms with Crippen LogP contribution in [0, 0.1) is 5.41 Å². The van der Waals surface area contributed by atoms with Crippen molar-refractivity contribution in [2.75, 3.05) is 26.7 Å². The highest BCUT2D eigenvalue weighted by atomic mass is 32.2. The molecule has 26 heavy (non-hydrogen) atoms. The van der Waals surface area contributed by atoms with Gasteiger partial charge < -0.3 is 9.53 Å². The zero-order valence-corrected chi connectivity index (χ0v) is 17.8. The Morgan fingerprint density at radius 3 is 0.923 bits per heavy atom. The molecule has 0 heterocycles. The van der Waals surface area contributed by atoms with Crippen molar-refractivity contribution in [2.45, 2.75) is 60.3 Å². The zero-order chi connectivity index (χ0) is 23.0. The van der Waals surface area contributed by atoms with E-state index in [1.807, 2.05) is 0 Å². The molecule has 0 atom stereocenters. The number of ketones is 1. The third-order valence-corrected chi connectivity index (χ3v) is 1.42. The molecule has 0 aromatic carbocycles. The number of methoxy groups -OCH3 is 1. The van der Waals surface area contributed by atoms with Gasteiger partial charge in [0.15, 0.2) is 5.41 Å². The highest BCUT2D eigenvalue weighted by Gasteiger charge is 2.64. The molecule has 0 spiro atoms. The SMILES string of the molecule is CC(C)(C(F)(F)F)C(F)(F)F.CC(C)=O.CCC.COC.CS(C)(=O)=O. The average molecular weight is 422 g/mol. The highest BCUT2D eigenvalue weighted by Crippen LogP contribution is 2.49. The molecule has 0 aromatic rings. The second kappa shape index (κ2) is 16.3. The first-order chi connectivity index (χ1) is 11.1. The fourth-order valence-corrected chi connectivity index (χ4v) is 0.161. The van der Waals surface area contributed by atoms with Gasteiger partial charge in [-0.15, -0.1) is 0 Å². The van der Waals surface area contributed by atoms with Crippen molar-refractivity contribution < 1.29 is 44.3 Å². The predicted molar refractivity (Wildman–Crippen MR) is 91.9 cm³/mol. The van der Waals surface area contributed by atoms with Crippen LogP contribution < -0.4 is 0 Å². The summed E-state index contributed by atoms with van der Waals surface area (Å²) in [6, 6.07) is 0. The topological polar surface area (TPSA) is 60.4 Å². The minimum absolute atomic E-state index is 0.104. The second-order valence-electron chi connectivity index (χ2n) is 5.79. The number of alkyl halides is 6. The van der Waals surface area contributed by atoms with Gasteiger partial charge in [-0.2, -0.15) is 26.3 Å². The molecule has 164 valence electrons. The molecule has 0 radical (unpaired) electrons. The number of sulfone groups is 1. The van der Waals surface area contributed by atoms with E-state index >= 15 is 0 Å². The first kappa shape index (κ1) is 36.1. The number of rotatable bonds is 0. The quantitative estimate of drug-likeness (QED) is 0.511. The van der Waals surface area contributed by atoms with Crippen LogP contribution in [0.5, 0.6) is 0 Å². The maximum Gasteiger partial charge on any atom is 0.402 e. The Hall–Kier alpha value is -0.840. The van der Waals surface area contributed by atoms with Crippen molar-refractivity contribution in [3.05, 3.63) is 0 Å². The average Bonchev–Trinajstić information content (AvgIpc) is 2.24. The Bertz CT molecular complexity index is 396. The predicted octanol–water partition coefficient (Wildman–Crippen LogP) is 5.07. The van der Waals surface area contributed by atoms with Gasteiger partial charge in [-0.05, 0) is 27.7 Å². The van der Waals surface area contributed by atoms with E-state index < -0.39 is 27.6 Å². The first-order valence-corrected chi connectivity index (χ1v) is 9.52. The Morgan fingerprint density at radius 1 is 0.846 bits per heavy atom. The van der Waals surface area contributed by atoms with Gasteiger partial charge in [0.2, 0.25) is 0 Å². The highest BCUT2D eigenvalue weighted by molar-refractivity contribution is 7.89. The van der Waals surface area contributed by atoms with Crippen LogP contribution in [0.25, 0.3) is 0 Å². The van der Waals surface area contributed by atoms with Gasteiger partial charge in [0.1, 0.15) is 15.6 Å². The van der Waals surface area contributed by atoms with Gasteiger partial charge in [-0.25, -0.2) is 8.42 Å². The van der Waals surface area contributed by atoms with Gasteiger partial charge in [0.05, 0.1) is 0 Å². The van der Waals surface area contributed by atoms with Gasteiger partial charge in [0, 0.05) is 26.7 Å². The summed E-state index contributed by atoms with van der Waals surface area (Å²) in [6.45, 7) is 7.51. The largest absolute Gasteiger partial charge is 0.402 e. The fourth-order valence-electron chi connectivity index (χ4n) is 0.161. The summed E-state index contributed by atoms with van der Waals surface area (Å²) in [5, 5.41) is 0. The summed E-state index contributed by atoms with van der Waals surface area (Å²) < 4.78 is 93.2. The van der Waals surface area contributed by atoms with E-state index in [1.165, 1.54) is 20.3 Å². The molecule has 0 aromatic heterocycles. The molecule has 0 unspecified atom stereocenters. The van der Waals surface area contributed by atoms with E-state index in [0.29, 0.717) is 0 Å². The van der Waals surface area contributed by atoms with Crippen LogP contribution in [-0.4, -0.2) is 53.3 Å². The summed E-state index contributed by atoms with van der Waals surface area (Å²) in [4.78, 5) is 9.44. The van der Waals surface area contributed by atoms with E-state index in [-0.39, 0.29) is 19.6 Å². The summed E-state index contributed by atoms with van der Waals surface area (Å²) >= 11 is 0. The molecule has 0 saturated heterocycles. The van der Waals surface area contributed by atoms with Crippen LogP contribution in [0.15, 0.2) is 0 Å².